The van der Waals surface area contributed by atoms with Crippen LogP contribution in [0.2, 0.25) is 0 Å². The first-order chi connectivity index (χ1) is 11.3. The highest BCUT2D eigenvalue weighted by molar-refractivity contribution is 7.80. The molecule has 2 heteroatoms. The SMILES string of the molecule is O=P(c1ccccc1)(c1cccc2ccccc12)C1C=CC=C1. The smallest absolute Gasteiger partial charge is 0.154 e. The van der Waals surface area contributed by atoms with E-state index in [0.717, 1.165) is 21.4 Å². The molecule has 4 rings (SSSR count). The van der Waals surface area contributed by atoms with E-state index >= 15 is 0 Å². The van der Waals surface area contributed by atoms with Crippen LogP contribution in [0.1, 0.15) is 0 Å². The lowest BCUT2D eigenvalue weighted by Gasteiger charge is -2.25. The lowest BCUT2D eigenvalue weighted by atomic mass is 10.1. The number of hydrogen-bond acceptors (Lipinski definition) is 1. The van der Waals surface area contributed by atoms with Crippen LogP contribution in [0.3, 0.4) is 0 Å². The molecule has 0 amide bonds. The highest BCUT2D eigenvalue weighted by Crippen LogP contribution is 2.52. The molecule has 1 atom stereocenters. The Hall–Kier alpha value is -2.37. The van der Waals surface area contributed by atoms with Gasteiger partial charge in [0.1, 0.15) is 0 Å². The third-order valence-electron chi connectivity index (χ3n) is 4.41. The van der Waals surface area contributed by atoms with Crippen molar-refractivity contribution in [3.05, 3.63) is 97.1 Å². The second-order valence-corrected chi connectivity index (χ2v) is 8.66. The molecular formula is C21H17OP. The fraction of sp³-hybridized carbons (Fsp3) is 0.0476. The van der Waals surface area contributed by atoms with Gasteiger partial charge >= 0.3 is 0 Å². The van der Waals surface area contributed by atoms with E-state index in [1.807, 2.05) is 66.7 Å². The van der Waals surface area contributed by atoms with Crippen LogP contribution < -0.4 is 10.6 Å². The van der Waals surface area contributed by atoms with E-state index in [2.05, 4.69) is 30.4 Å². The molecule has 0 spiro atoms. The van der Waals surface area contributed by atoms with Gasteiger partial charge in [0, 0.05) is 10.6 Å². The van der Waals surface area contributed by atoms with Gasteiger partial charge in [-0.2, -0.15) is 0 Å². The third kappa shape index (κ3) is 2.29. The van der Waals surface area contributed by atoms with Gasteiger partial charge < -0.3 is 4.57 Å². The van der Waals surface area contributed by atoms with Crippen molar-refractivity contribution in [2.24, 2.45) is 0 Å². The second kappa shape index (κ2) is 5.68. The summed E-state index contributed by atoms with van der Waals surface area (Å²) >= 11 is 0. The molecule has 1 aliphatic carbocycles. The topological polar surface area (TPSA) is 17.1 Å². The van der Waals surface area contributed by atoms with Gasteiger partial charge in [0.05, 0.1) is 5.66 Å². The van der Waals surface area contributed by atoms with Crippen LogP contribution in [0.15, 0.2) is 97.1 Å². The van der Waals surface area contributed by atoms with E-state index in [9.17, 15) is 4.57 Å². The molecule has 0 bridgehead atoms. The summed E-state index contributed by atoms with van der Waals surface area (Å²) in [6, 6.07) is 24.2. The molecule has 0 aliphatic heterocycles. The molecule has 0 aromatic heterocycles. The minimum absolute atomic E-state index is 0.0734. The van der Waals surface area contributed by atoms with Gasteiger partial charge in [-0.15, -0.1) is 0 Å². The Morgan fingerprint density at radius 2 is 1.35 bits per heavy atom. The van der Waals surface area contributed by atoms with Crippen molar-refractivity contribution in [1.82, 2.24) is 0 Å². The Morgan fingerprint density at radius 1 is 0.696 bits per heavy atom. The molecule has 112 valence electrons. The van der Waals surface area contributed by atoms with Gasteiger partial charge in [-0.05, 0) is 10.8 Å². The van der Waals surface area contributed by atoms with E-state index < -0.39 is 7.14 Å². The number of fused-ring (bicyclic) bond motifs is 1. The summed E-state index contributed by atoms with van der Waals surface area (Å²) in [5.41, 5.74) is -0.0734. The Bertz CT molecular complexity index is 937. The summed E-state index contributed by atoms with van der Waals surface area (Å²) in [6.07, 6.45) is 8.09. The molecule has 0 heterocycles. The maximum atomic E-state index is 14.3. The maximum absolute atomic E-state index is 14.3. The van der Waals surface area contributed by atoms with Gasteiger partial charge in [-0.25, -0.2) is 0 Å². The average molecular weight is 316 g/mol. The summed E-state index contributed by atoms with van der Waals surface area (Å²) in [5.74, 6) is 0. The minimum Gasteiger partial charge on any atom is -0.313 e. The summed E-state index contributed by atoms with van der Waals surface area (Å²) in [7, 11) is -2.79. The fourth-order valence-electron chi connectivity index (χ4n) is 3.28. The van der Waals surface area contributed by atoms with Crippen molar-refractivity contribution < 1.29 is 4.57 Å². The largest absolute Gasteiger partial charge is 0.313 e. The zero-order valence-corrected chi connectivity index (χ0v) is 13.6. The molecular weight excluding hydrogens is 299 g/mol. The number of benzene rings is 3. The first kappa shape index (κ1) is 14.2. The normalized spacial score (nSPS) is 16.7. The van der Waals surface area contributed by atoms with E-state index in [1.54, 1.807) is 0 Å². The van der Waals surface area contributed by atoms with Crippen LogP contribution in [-0.2, 0) is 4.57 Å². The van der Waals surface area contributed by atoms with Gasteiger partial charge in [-0.1, -0.05) is 97.1 Å². The highest BCUT2D eigenvalue weighted by Gasteiger charge is 2.35. The molecule has 3 aromatic rings. The lowest BCUT2D eigenvalue weighted by Crippen LogP contribution is -2.23. The molecule has 0 N–H and O–H groups in total. The van der Waals surface area contributed by atoms with E-state index in [0.29, 0.717) is 0 Å². The second-order valence-electron chi connectivity index (χ2n) is 5.75. The molecule has 23 heavy (non-hydrogen) atoms. The van der Waals surface area contributed by atoms with Crippen molar-refractivity contribution in [2.45, 2.75) is 5.66 Å². The molecule has 0 saturated carbocycles. The van der Waals surface area contributed by atoms with Gasteiger partial charge in [0.15, 0.2) is 7.14 Å². The highest BCUT2D eigenvalue weighted by atomic mass is 31.2. The van der Waals surface area contributed by atoms with Crippen LogP contribution in [0.5, 0.6) is 0 Å². The summed E-state index contributed by atoms with van der Waals surface area (Å²) in [5, 5.41) is 4.07. The first-order valence-electron chi connectivity index (χ1n) is 7.79. The van der Waals surface area contributed by atoms with Crippen LogP contribution in [-0.4, -0.2) is 5.66 Å². The molecule has 0 saturated heterocycles. The standard InChI is InChI=1S/C21H17OP/c22-23(19-13-5-6-14-19,18-11-2-1-3-12-18)21-16-8-10-17-9-4-7-15-20(17)21/h1-16,19H. The number of hydrogen-bond donors (Lipinski definition) is 0. The van der Waals surface area contributed by atoms with Crippen molar-refractivity contribution in [3.8, 4) is 0 Å². The Morgan fingerprint density at radius 3 is 2.13 bits per heavy atom. The maximum Gasteiger partial charge on any atom is 0.154 e. The lowest BCUT2D eigenvalue weighted by molar-refractivity contribution is 0.586. The molecule has 3 aromatic carbocycles. The predicted octanol–water partition coefficient (Wildman–Crippen LogP) is 4.65. The molecule has 0 radical (unpaired) electrons. The summed E-state index contributed by atoms with van der Waals surface area (Å²) < 4.78 is 14.3. The molecule has 1 aliphatic rings. The zero-order chi connectivity index (χ0) is 15.7. The molecule has 1 nitrogen and oxygen atoms in total. The van der Waals surface area contributed by atoms with E-state index in [-0.39, 0.29) is 5.66 Å². The Kier molecular flexibility index (Phi) is 3.52. The van der Waals surface area contributed by atoms with Crippen molar-refractivity contribution in [1.29, 1.82) is 0 Å². The Labute approximate surface area is 136 Å². The van der Waals surface area contributed by atoms with Crippen molar-refractivity contribution >= 4 is 28.5 Å². The van der Waals surface area contributed by atoms with Crippen molar-refractivity contribution in [3.63, 3.8) is 0 Å². The minimum atomic E-state index is -2.79. The number of allylic oxidation sites excluding steroid dienone is 4. The van der Waals surface area contributed by atoms with Crippen LogP contribution in [0, 0.1) is 0 Å². The summed E-state index contributed by atoms with van der Waals surface area (Å²) in [6.45, 7) is 0. The van der Waals surface area contributed by atoms with Crippen molar-refractivity contribution in [2.75, 3.05) is 0 Å². The molecule has 1 unspecified atom stereocenters. The Balaban J connectivity index is 2.04. The van der Waals surface area contributed by atoms with Crippen LogP contribution >= 0.6 is 7.14 Å². The summed E-state index contributed by atoms with van der Waals surface area (Å²) in [4.78, 5) is 0. The first-order valence-corrected chi connectivity index (χ1v) is 9.56. The molecule has 0 fully saturated rings. The van der Waals surface area contributed by atoms with Gasteiger partial charge in [0.25, 0.3) is 0 Å². The van der Waals surface area contributed by atoms with Crippen LogP contribution in [0.4, 0.5) is 0 Å². The monoisotopic (exact) mass is 316 g/mol. The predicted molar refractivity (Wildman–Crippen MR) is 99.3 cm³/mol. The van der Waals surface area contributed by atoms with Gasteiger partial charge in [-0.3, -0.25) is 0 Å². The number of rotatable bonds is 3. The third-order valence-corrected chi connectivity index (χ3v) is 7.77. The van der Waals surface area contributed by atoms with Gasteiger partial charge in [0.2, 0.25) is 0 Å². The van der Waals surface area contributed by atoms with E-state index in [1.165, 1.54) is 0 Å². The zero-order valence-electron chi connectivity index (χ0n) is 12.7. The average Bonchev–Trinajstić information content (AvgIpc) is 3.16. The quantitative estimate of drug-likeness (QED) is 0.643. The fourth-order valence-corrected chi connectivity index (χ4v) is 6.39. The van der Waals surface area contributed by atoms with E-state index in [4.69, 9.17) is 0 Å². The van der Waals surface area contributed by atoms with Crippen LogP contribution in [0.25, 0.3) is 10.8 Å².